The maximum atomic E-state index is 14.4. The van der Waals surface area contributed by atoms with Crippen molar-refractivity contribution < 1.29 is 27.8 Å². The first-order chi connectivity index (χ1) is 17.2. The molecule has 192 valence electrons. The highest BCUT2D eigenvalue weighted by Gasteiger charge is 2.39. The van der Waals surface area contributed by atoms with Gasteiger partial charge >= 0.3 is 5.97 Å². The Morgan fingerprint density at radius 2 is 1.78 bits per heavy atom. The van der Waals surface area contributed by atoms with E-state index in [4.69, 9.17) is 4.74 Å². The smallest absolute Gasteiger partial charge is 0.309 e. The van der Waals surface area contributed by atoms with E-state index in [2.05, 4.69) is 25.6 Å². The lowest BCUT2D eigenvalue weighted by Crippen LogP contribution is -2.33. The topological polar surface area (TPSA) is 114 Å². The summed E-state index contributed by atoms with van der Waals surface area (Å²) in [4.78, 5) is 25.3. The predicted octanol–water partition coefficient (Wildman–Crippen LogP) is 4.78. The van der Waals surface area contributed by atoms with Gasteiger partial charge in [0.05, 0.1) is 11.6 Å². The second-order valence-electron chi connectivity index (χ2n) is 9.71. The number of anilines is 3. The van der Waals surface area contributed by atoms with Crippen molar-refractivity contribution in [3.05, 3.63) is 35.8 Å². The van der Waals surface area contributed by atoms with Gasteiger partial charge in [-0.05, 0) is 45.4 Å². The fraction of sp³-hybridized carbons (Fsp3) is 0.500. The normalized spacial score (nSPS) is 23.1. The minimum absolute atomic E-state index is 0.121. The van der Waals surface area contributed by atoms with E-state index in [1.165, 1.54) is 6.20 Å². The van der Waals surface area contributed by atoms with Crippen molar-refractivity contribution in [2.24, 2.45) is 5.41 Å². The van der Waals surface area contributed by atoms with Gasteiger partial charge in [-0.25, -0.2) is 23.1 Å². The van der Waals surface area contributed by atoms with Gasteiger partial charge in [-0.3, -0.25) is 9.36 Å². The molecular weight excluding hydrogens is 477 g/mol. The summed E-state index contributed by atoms with van der Waals surface area (Å²) < 4.78 is 49.5. The number of carboxylic acids is 1. The molecule has 2 fully saturated rings. The Labute approximate surface area is 205 Å². The summed E-state index contributed by atoms with van der Waals surface area (Å²) >= 11 is 0. The number of halogens is 3. The number of imidazole rings is 1. The van der Waals surface area contributed by atoms with Crippen molar-refractivity contribution in [2.45, 2.75) is 57.5 Å². The summed E-state index contributed by atoms with van der Waals surface area (Å²) in [6.45, 7) is 3.01. The lowest BCUT2D eigenvalue weighted by Gasteiger charge is -2.35. The highest BCUT2D eigenvalue weighted by Crippen LogP contribution is 2.43. The average molecular weight is 505 g/mol. The molecule has 0 spiro atoms. The summed E-state index contributed by atoms with van der Waals surface area (Å²) in [6.07, 6.45) is 5.01. The zero-order chi connectivity index (χ0) is 25.4. The molecule has 3 heterocycles. The molecule has 3 aromatic rings. The van der Waals surface area contributed by atoms with E-state index in [0.29, 0.717) is 68.1 Å². The van der Waals surface area contributed by atoms with E-state index in [1.54, 1.807) is 11.5 Å². The zero-order valence-electron chi connectivity index (χ0n) is 19.7. The molecule has 1 saturated carbocycles. The predicted molar refractivity (Wildman–Crippen MR) is 126 cm³/mol. The van der Waals surface area contributed by atoms with Crippen LogP contribution in [0.2, 0.25) is 0 Å². The van der Waals surface area contributed by atoms with Crippen LogP contribution in [-0.4, -0.2) is 49.9 Å². The third-order valence-electron chi connectivity index (χ3n) is 7.17. The van der Waals surface area contributed by atoms with Crippen LogP contribution in [0, 0.1) is 22.9 Å². The van der Waals surface area contributed by atoms with E-state index in [0.717, 1.165) is 12.8 Å². The number of aromatic nitrogens is 4. The van der Waals surface area contributed by atoms with Crippen LogP contribution in [0.5, 0.6) is 0 Å². The fourth-order valence-electron chi connectivity index (χ4n) is 4.90. The molecule has 12 heteroatoms. The van der Waals surface area contributed by atoms with Crippen molar-refractivity contribution in [1.29, 1.82) is 0 Å². The highest BCUT2D eigenvalue weighted by molar-refractivity contribution is 5.77. The van der Waals surface area contributed by atoms with Gasteiger partial charge in [-0.15, -0.1) is 0 Å². The fourth-order valence-corrected chi connectivity index (χ4v) is 4.90. The molecule has 1 saturated heterocycles. The third kappa shape index (κ3) is 4.69. The first kappa shape index (κ1) is 24.3. The molecule has 5 rings (SSSR count). The van der Waals surface area contributed by atoms with Gasteiger partial charge in [0.1, 0.15) is 17.0 Å². The summed E-state index contributed by atoms with van der Waals surface area (Å²) in [5.74, 6) is -3.56. The maximum Gasteiger partial charge on any atom is 0.309 e. The summed E-state index contributed by atoms with van der Waals surface area (Å²) in [5, 5.41) is 15.6. The van der Waals surface area contributed by atoms with Crippen molar-refractivity contribution >= 4 is 34.7 Å². The van der Waals surface area contributed by atoms with Gasteiger partial charge < -0.3 is 20.5 Å². The second kappa shape index (κ2) is 9.57. The molecule has 1 aliphatic carbocycles. The number of carbonyl (C=O) groups is 1. The lowest BCUT2D eigenvalue weighted by molar-refractivity contribution is -0.150. The number of hydrogen-bond acceptors (Lipinski definition) is 7. The minimum Gasteiger partial charge on any atom is -0.481 e. The summed E-state index contributed by atoms with van der Waals surface area (Å²) in [5.41, 5.74) is -0.522. The molecule has 0 radical (unpaired) electrons. The molecule has 0 unspecified atom stereocenters. The summed E-state index contributed by atoms with van der Waals surface area (Å²) in [6, 6.07) is 1.11. The minimum atomic E-state index is -1.10. The van der Waals surface area contributed by atoms with Crippen LogP contribution in [0.4, 0.5) is 30.8 Å². The van der Waals surface area contributed by atoms with Crippen LogP contribution in [-0.2, 0) is 9.53 Å². The van der Waals surface area contributed by atoms with Gasteiger partial charge in [-0.1, -0.05) is 0 Å². The van der Waals surface area contributed by atoms with Crippen LogP contribution in [0.3, 0.4) is 0 Å². The molecular formula is C24H27F3N6O3. The lowest BCUT2D eigenvalue weighted by atomic mass is 9.74. The van der Waals surface area contributed by atoms with Crippen LogP contribution >= 0.6 is 0 Å². The van der Waals surface area contributed by atoms with Crippen molar-refractivity contribution in [3.8, 4) is 0 Å². The van der Waals surface area contributed by atoms with Crippen LogP contribution in [0.1, 0.15) is 51.5 Å². The van der Waals surface area contributed by atoms with E-state index in [-0.39, 0.29) is 18.0 Å². The quantitative estimate of drug-likeness (QED) is 0.439. The number of aliphatic carboxylic acids is 1. The molecule has 0 atom stereocenters. The van der Waals surface area contributed by atoms with Gasteiger partial charge in [0, 0.05) is 37.4 Å². The molecule has 2 aromatic heterocycles. The molecule has 36 heavy (non-hydrogen) atoms. The molecule has 0 bridgehead atoms. The first-order valence-corrected chi connectivity index (χ1v) is 12.0. The number of ether oxygens (including phenoxy) is 1. The SMILES string of the molecule is CC1(C(=O)O)CCC(n2c(Nc3c(F)cc(F)cc3F)nc3cnc(NC4CCOCC4)nc32)CC1. The Morgan fingerprint density at radius 3 is 2.42 bits per heavy atom. The number of benzene rings is 1. The van der Waals surface area contributed by atoms with Crippen LogP contribution < -0.4 is 10.6 Å². The zero-order valence-corrected chi connectivity index (χ0v) is 19.7. The first-order valence-electron chi connectivity index (χ1n) is 12.0. The van der Waals surface area contributed by atoms with Crippen molar-refractivity contribution in [1.82, 2.24) is 19.5 Å². The molecule has 0 amide bonds. The largest absolute Gasteiger partial charge is 0.481 e. The Kier molecular flexibility index (Phi) is 6.45. The Bertz CT molecular complexity index is 1260. The monoisotopic (exact) mass is 504 g/mol. The Hall–Kier alpha value is -3.41. The number of fused-ring (bicyclic) bond motifs is 1. The summed E-state index contributed by atoms with van der Waals surface area (Å²) in [7, 11) is 0. The van der Waals surface area contributed by atoms with Gasteiger partial charge in [0.2, 0.25) is 11.9 Å². The van der Waals surface area contributed by atoms with Crippen molar-refractivity contribution in [2.75, 3.05) is 23.8 Å². The number of rotatable bonds is 6. The molecule has 3 N–H and O–H groups in total. The van der Waals surface area contributed by atoms with Crippen LogP contribution in [0.25, 0.3) is 11.2 Å². The Morgan fingerprint density at radius 1 is 1.11 bits per heavy atom. The number of nitrogens with zero attached hydrogens (tertiary/aromatic N) is 4. The van der Waals surface area contributed by atoms with Gasteiger partial charge in [0.15, 0.2) is 17.3 Å². The molecule has 1 aliphatic heterocycles. The second-order valence-corrected chi connectivity index (χ2v) is 9.71. The average Bonchev–Trinajstić information content (AvgIpc) is 3.20. The van der Waals surface area contributed by atoms with E-state index >= 15 is 0 Å². The number of nitrogens with one attached hydrogen (secondary N) is 2. The number of hydrogen-bond donors (Lipinski definition) is 3. The number of carboxylic acid groups (broad SMARTS) is 1. The standard InChI is InChI=1S/C24H27F3N6O3/c1-24(21(34)35)6-2-15(3-7-24)33-20-18(12-28-22(32-20)29-14-4-8-36-9-5-14)30-23(33)31-19-16(26)10-13(25)11-17(19)27/h10-12,14-15H,2-9H2,1H3,(H,30,31)(H,34,35)(H,28,29,32). The molecule has 2 aliphatic rings. The van der Waals surface area contributed by atoms with E-state index in [1.807, 2.05) is 0 Å². The van der Waals surface area contributed by atoms with E-state index < -0.39 is 34.5 Å². The van der Waals surface area contributed by atoms with Gasteiger partial charge in [0.25, 0.3) is 0 Å². The van der Waals surface area contributed by atoms with E-state index in [9.17, 15) is 23.1 Å². The van der Waals surface area contributed by atoms with Crippen LogP contribution in [0.15, 0.2) is 18.3 Å². The van der Waals surface area contributed by atoms with Gasteiger partial charge in [-0.2, -0.15) is 4.98 Å². The molecule has 1 aromatic carbocycles. The maximum absolute atomic E-state index is 14.4. The Balaban J connectivity index is 1.53. The highest BCUT2D eigenvalue weighted by atomic mass is 19.1. The molecule has 9 nitrogen and oxygen atoms in total. The third-order valence-corrected chi connectivity index (χ3v) is 7.17. The van der Waals surface area contributed by atoms with Crippen molar-refractivity contribution in [3.63, 3.8) is 0 Å².